The van der Waals surface area contributed by atoms with Gasteiger partial charge in [0.25, 0.3) is 0 Å². The lowest BCUT2D eigenvalue weighted by Crippen LogP contribution is -2.01. The molecule has 0 atom stereocenters. The van der Waals surface area contributed by atoms with Crippen LogP contribution in [0, 0.1) is 0 Å². The number of hydrogen-bond donors (Lipinski definition) is 1. The summed E-state index contributed by atoms with van der Waals surface area (Å²) in [4.78, 5) is 16.5. The summed E-state index contributed by atoms with van der Waals surface area (Å²) in [6.07, 6.45) is 2.43. The molecular formula is C13H16N2O4S. The van der Waals surface area contributed by atoms with E-state index in [0.717, 1.165) is 24.1 Å². The van der Waals surface area contributed by atoms with Crippen LogP contribution < -0.4 is 4.74 Å². The lowest BCUT2D eigenvalue weighted by molar-refractivity contribution is 0.0697. The highest BCUT2D eigenvalue weighted by Crippen LogP contribution is 2.30. The Morgan fingerprint density at radius 1 is 1.50 bits per heavy atom. The Morgan fingerprint density at radius 2 is 2.30 bits per heavy atom. The van der Waals surface area contributed by atoms with Crippen LogP contribution in [-0.4, -0.2) is 21.2 Å². The maximum atomic E-state index is 11.1. The van der Waals surface area contributed by atoms with Crippen LogP contribution in [0.3, 0.4) is 0 Å². The van der Waals surface area contributed by atoms with Crippen LogP contribution in [0.5, 0.6) is 5.75 Å². The molecule has 2 aromatic heterocycles. The number of aromatic carboxylic acids is 1. The van der Waals surface area contributed by atoms with Gasteiger partial charge < -0.3 is 14.4 Å². The second-order valence-electron chi connectivity index (χ2n) is 4.21. The third-order valence-corrected chi connectivity index (χ3v) is 3.87. The maximum Gasteiger partial charge on any atom is 0.349 e. The van der Waals surface area contributed by atoms with Crippen molar-refractivity contribution in [1.82, 2.24) is 10.1 Å². The van der Waals surface area contributed by atoms with E-state index >= 15 is 0 Å². The quantitative estimate of drug-likeness (QED) is 0.845. The van der Waals surface area contributed by atoms with Crippen LogP contribution in [0.4, 0.5) is 0 Å². The van der Waals surface area contributed by atoms with Gasteiger partial charge in [-0.25, -0.2) is 4.79 Å². The number of nitrogens with zero attached hydrogens (tertiary/aromatic N) is 2. The van der Waals surface area contributed by atoms with Crippen molar-refractivity contribution in [2.45, 2.75) is 39.7 Å². The van der Waals surface area contributed by atoms with Crippen LogP contribution >= 0.6 is 11.3 Å². The number of carboxylic acid groups (broad SMARTS) is 1. The highest BCUT2D eigenvalue weighted by atomic mass is 32.1. The van der Waals surface area contributed by atoms with E-state index < -0.39 is 5.97 Å². The number of carboxylic acids is 1. The molecule has 0 radical (unpaired) electrons. The Balaban J connectivity index is 2.05. The first-order valence-electron chi connectivity index (χ1n) is 6.44. The van der Waals surface area contributed by atoms with Crippen molar-refractivity contribution in [3.8, 4) is 5.75 Å². The SMILES string of the molecule is CCCc1nc(COc2cc(CC)sc2C(=O)O)no1. The average molecular weight is 296 g/mol. The molecule has 0 fully saturated rings. The van der Waals surface area contributed by atoms with Gasteiger partial charge in [0.1, 0.15) is 5.75 Å². The van der Waals surface area contributed by atoms with E-state index in [9.17, 15) is 4.79 Å². The number of carbonyl (C=O) groups is 1. The molecule has 1 N–H and O–H groups in total. The van der Waals surface area contributed by atoms with Gasteiger partial charge in [0, 0.05) is 11.3 Å². The van der Waals surface area contributed by atoms with E-state index in [2.05, 4.69) is 10.1 Å². The molecule has 0 spiro atoms. The lowest BCUT2D eigenvalue weighted by atomic mass is 10.3. The van der Waals surface area contributed by atoms with Gasteiger partial charge in [-0.3, -0.25) is 0 Å². The summed E-state index contributed by atoms with van der Waals surface area (Å²) < 4.78 is 10.5. The number of rotatable bonds is 7. The fraction of sp³-hybridized carbons (Fsp3) is 0.462. The smallest absolute Gasteiger partial charge is 0.349 e. The third kappa shape index (κ3) is 3.36. The second-order valence-corrected chi connectivity index (χ2v) is 5.34. The van der Waals surface area contributed by atoms with Crippen LogP contribution in [0.2, 0.25) is 0 Å². The molecule has 0 amide bonds. The third-order valence-electron chi connectivity index (χ3n) is 2.62. The molecule has 0 aromatic carbocycles. The van der Waals surface area contributed by atoms with Gasteiger partial charge in [-0.05, 0) is 18.9 Å². The van der Waals surface area contributed by atoms with E-state index in [1.54, 1.807) is 6.07 Å². The molecule has 0 bridgehead atoms. The van der Waals surface area contributed by atoms with Crippen molar-refractivity contribution < 1.29 is 19.2 Å². The Bertz CT molecular complexity index is 591. The zero-order valence-corrected chi connectivity index (χ0v) is 12.2. The van der Waals surface area contributed by atoms with Gasteiger partial charge in [-0.2, -0.15) is 4.98 Å². The number of ether oxygens (including phenoxy) is 1. The van der Waals surface area contributed by atoms with Crippen molar-refractivity contribution in [1.29, 1.82) is 0 Å². The van der Waals surface area contributed by atoms with Crippen molar-refractivity contribution in [3.63, 3.8) is 0 Å². The molecule has 2 rings (SSSR count). The fourth-order valence-corrected chi connectivity index (χ4v) is 2.54. The van der Waals surface area contributed by atoms with Crippen molar-refractivity contribution in [2.75, 3.05) is 0 Å². The van der Waals surface area contributed by atoms with Crippen LogP contribution in [0.1, 0.15) is 46.5 Å². The summed E-state index contributed by atoms with van der Waals surface area (Å²) in [6, 6.07) is 1.75. The normalized spacial score (nSPS) is 10.7. The molecular weight excluding hydrogens is 280 g/mol. The summed E-state index contributed by atoms with van der Waals surface area (Å²) >= 11 is 1.23. The molecule has 108 valence electrons. The first-order chi connectivity index (χ1) is 9.63. The molecule has 0 unspecified atom stereocenters. The Labute approximate surface area is 120 Å². The van der Waals surface area contributed by atoms with Gasteiger partial charge in [-0.15, -0.1) is 11.3 Å². The summed E-state index contributed by atoms with van der Waals surface area (Å²) in [5.74, 6) is 0.379. The first kappa shape index (κ1) is 14.5. The molecule has 0 aliphatic rings. The Hall–Kier alpha value is -1.89. The zero-order chi connectivity index (χ0) is 14.5. The monoisotopic (exact) mass is 296 g/mol. The first-order valence-corrected chi connectivity index (χ1v) is 7.26. The van der Waals surface area contributed by atoms with Crippen LogP contribution in [0.15, 0.2) is 10.6 Å². The van der Waals surface area contributed by atoms with E-state index in [0.29, 0.717) is 17.5 Å². The largest absolute Gasteiger partial charge is 0.484 e. The Morgan fingerprint density at radius 3 is 2.95 bits per heavy atom. The van der Waals surface area contributed by atoms with E-state index in [4.69, 9.17) is 14.4 Å². The molecule has 0 aliphatic carbocycles. The molecule has 0 saturated carbocycles. The molecule has 2 heterocycles. The molecule has 0 aliphatic heterocycles. The molecule has 20 heavy (non-hydrogen) atoms. The summed E-state index contributed by atoms with van der Waals surface area (Å²) in [5.41, 5.74) is 0. The molecule has 2 aromatic rings. The van der Waals surface area contributed by atoms with E-state index in [1.807, 2.05) is 13.8 Å². The minimum absolute atomic E-state index is 0.105. The fourth-order valence-electron chi connectivity index (χ4n) is 1.66. The van der Waals surface area contributed by atoms with Crippen molar-refractivity contribution in [3.05, 3.63) is 27.5 Å². The zero-order valence-electron chi connectivity index (χ0n) is 11.4. The lowest BCUT2D eigenvalue weighted by Gasteiger charge is -2.01. The Kier molecular flexibility index (Phi) is 4.73. The van der Waals surface area contributed by atoms with Gasteiger partial charge >= 0.3 is 5.97 Å². The highest BCUT2D eigenvalue weighted by Gasteiger charge is 2.17. The topological polar surface area (TPSA) is 85.5 Å². The highest BCUT2D eigenvalue weighted by molar-refractivity contribution is 7.14. The van der Waals surface area contributed by atoms with Crippen LogP contribution in [0.25, 0.3) is 0 Å². The van der Waals surface area contributed by atoms with Crippen LogP contribution in [-0.2, 0) is 19.4 Å². The maximum absolute atomic E-state index is 11.1. The summed E-state index contributed by atoms with van der Waals surface area (Å²) in [5, 5.41) is 12.9. The molecule has 0 saturated heterocycles. The van der Waals surface area contributed by atoms with Gasteiger partial charge in [0.05, 0.1) is 0 Å². The number of hydrogen-bond acceptors (Lipinski definition) is 6. The standard InChI is InChI=1S/C13H16N2O4S/c1-3-5-11-14-10(15-19-11)7-18-9-6-8(4-2)20-12(9)13(16)17/h6H,3-5,7H2,1-2H3,(H,16,17). The minimum Gasteiger partial charge on any atom is -0.484 e. The van der Waals surface area contributed by atoms with Crippen molar-refractivity contribution in [2.24, 2.45) is 0 Å². The van der Waals surface area contributed by atoms with Crippen molar-refractivity contribution >= 4 is 17.3 Å². The van der Waals surface area contributed by atoms with E-state index in [-0.39, 0.29) is 11.5 Å². The predicted molar refractivity (Wildman–Crippen MR) is 73.3 cm³/mol. The minimum atomic E-state index is -0.982. The second kappa shape index (κ2) is 6.51. The van der Waals surface area contributed by atoms with E-state index in [1.165, 1.54) is 11.3 Å². The number of thiophene rings is 1. The number of aryl methyl sites for hydroxylation is 2. The van der Waals surface area contributed by atoms with Gasteiger partial charge in [0.2, 0.25) is 11.7 Å². The van der Waals surface area contributed by atoms with Gasteiger partial charge in [0.15, 0.2) is 11.5 Å². The summed E-state index contributed by atoms with van der Waals surface area (Å²) in [6.45, 7) is 4.10. The molecule has 6 nitrogen and oxygen atoms in total. The predicted octanol–water partition coefficient (Wildman–Crippen LogP) is 2.92. The van der Waals surface area contributed by atoms with Gasteiger partial charge in [-0.1, -0.05) is 19.0 Å². The molecule has 7 heteroatoms. The number of aromatic nitrogens is 2. The average Bonchev–Trinajstić information content (AvgIpc) is 3.03. The summed E-state index contributed by atoms with van der Waals surface area (Å²) in [7, 11) is 0.